The van der Waals surface area contributed by atoms with Gasteiger partial charge in [-0.05, 0) is 51.5 Å². The molecule has 0 aliphatic carbocycles. The number of aliphatic hydroxyl groups is 2. The Morgan fingerprint density at radius 3 is 1.97 bits per heavy atom. The normalized spacial score (nSPS) is 13.0. The minimum Gasteiger partial charge on any atom is -0.498 e. The van der Waals surface area contributed by atoms with Gasteiger partial charge >= 0.3 is 0 Å². The summed E-state index contributed by atoms with van der Waals surface area (Å²) >= 11 is 0. The van der Waals surface area contributed by atoms with Gasteiger partial charge in [-0.25, -0.2) is 0 Å². The van der Waals surface area contributed by atoms with Crippen molar-refractivity contribution >= 4 is 6.47 Å². The van der Waals surface area contributed by atoms with Crippen molar-refractivity contribution in [2.24, 2.45) is 5.92 Å². The Bertz CT molecular complexity index is 516. The standard InChI is InChI=1S/C32H63NO5/c1-4-6-8-10-11-15-21-31(20-14-9-7-5-2)30(3)38-27-19-16-22-32(36)28-33(24-25-34)23-17-12-13-18-26-37-29-35/h29,31-32,34,36H,3-28H2,1-2H3. The summed E-state index contributed by atoms with van der Waals surface area (Å²) in [6.07, 6.45) is 21.7. The van der Waals surface area contributed by atoms with Crippen LogP contribution in [0.5, 0.6) is 0 Å². The molecule has 2 atom stereocenters. The predicted octanol–water partition coefficient (Wildman–Crippen LogP) is 7.41. The minimum atomic E-state index is -0.384. The van der Waals surface area contributed by atoms with Crippen LogP contribution in [0.25, 0.3) is 0 Å². The Hall–Kier alpha value is -1.11. The summed E-state index contributed by atoms with van der Waals surface area (Å²) in [6.45, 7) is 12.7. The molecule has 0 bridgehead atoms. The third-order valence-corrected chi connectivity index (χ3v) is 7.43. The first-order valence-corrected chi connectivity index (χ1v) is 16.0. The van der Waals surface area contributed by atoms with Crippen LogP contribution in [0.4, 0.5) is 0 Å². The first-order chi connectivity index (χ1) is 18.6. The molecule has 38 heavy (non-hydrogen) atoms. The van der Waals surface area contributed by atoms with Crippen molar-refractivity contribution in [2.75, 3.05) is 39.5 Å². The van der Waals surface area contributed by atoms with Crippen molar-refractivity contribution in [3.63, 3.8) is 0 Å². The Balaban J connectivity index is 4.16. The van der Waals surface area contributed by atoms with Gasteiger partial charge in [-0.1, -0.05) is 97.5 Å². The first kappa shape index (κ1) is 36.9. The lowest BCUT2D eigenvalue weighted by molar-refractivity contribution is -0.128. The zero-order valence-corrected chi connectivity index (χ0v) is 25.2. The molecular weight excluding hydrogens is 478 g/mol. The third-order valence-electron chi connectivity index (χ3n) is 7.43. The molecule has 0 saturated carbocycles. The van der Waals surface area contributed by atoms with Crippen LogP contribution in [0.15, 0.2) is 12.3 Å². The van der Waals surface area contributed by atoms with Crippen LogP contribution >= 0.6 is 0 Å². The van der Waals surface area contributed by atoms with Gasteiger partial charge < -0.3 is 19.7 Å². The molecule has 0 heterocycles. The van der Waals surface area contributed by atoms with E-state index in [1.807, 2.05) is 0 Å². The second-order valence-corrected chi connectivity index (χ2v) is 11.0. The molecule has 0 saturated heterocycles. The molecule has 0 spiro atoms. The molecule has 0 fully saturated rings. The molecule has 0 aromatic rings. The highest BCUT2D eigenvalue weighted by Gasteiger charge is 2.15. The van der Waals surface area contributed by atoms with Crippen LogP contribution in [0.3, 0.4) is 0 Å². The average molecular weight is 542 g/mol. The van der Waals surface area contributed by atoms with E-state index in [0.717, 1.165) is 57.2 Å². The number of carbonyl (C=O) groups is 1. The molecule has 0 radical (unpaired) electrons. The molecule has 2 unspecified atom stereocenters. The number of hydrogen-bond donors (Lipinski definition) is 2. The van der Waals surface area contributed by atoms with Gasteiger partial charge in [0.2, 0.25) is 0 Å². The third kappa shape index (κ3) is 24.0. The molecule has 0 amide bonds. The number of nitrogens with zero attached hydrogens (tertiary/aromatic N) is 1. The van der Waals surface area contributed by atoms with Crippen LogP contribution in [0.1, 0.15) is 136 Å². The second kappa shape index (κ2) is 28.9. The van der Waals surface area contributed by atoms with Gasteiger partial charge in [0.1, 0.15) is 0 Å². The van der Waals surface area contributed by atoms with Gasteiger partial charge in [0.05, 0.1) is 31.7 Å². The average Bonchev–Trinajstić information content (AvgIpc) is 2.91. The van der Waals surface area contributed by atoms with E-state index >= 15 is 0 Å². The Morgan fingerprint density at radius 1 is 0.763 bits per heavy atom. The molecule has 2 N–H and O–H groups in total. The van der Waals surface area contributed by atoms with E-state index < -0.39 is 0 Å². The number of unbranched alkanes of at least 4 members (excludes halogenated alkanes) is 12. The fourth-order valence-corrected chi connectivity index (χ4v) is 5.01. The summed E-state index contributed by atoms with van der Waals surface area (Å²) in [4.78, 5) is 12.3. The lowest BCUT2D eigenvalue weighted by Crippen LogP contribution is -2.35. The van der Waals surface area contributed by atoms with E-state index in [2.05, 4.69) is 25.3 Å². The van der Waals surface area contributed by atoms with Gasteiger partial charge in [-0.2, -0.15) is 0 Å². The van der Waals surface area contributed by atoms with Crippen LogP contribution in [-0.4, -0.2) is 67.1 Å². The van der Waals surface area contributed by atoms with Gasteiger partial charge in [0.15, 0.2) is 0 Å². The van der Waals surface area contributed by atoms with Crippen LogP contribution < -0.4 is 0 Å². The largest absolute Gasteiger partial charge is 0.498 e. The van der Waals surface area contributed by atoms with Crippen molar-refractivity contribution in [2.45, 2.75) is 142 Å². The molecule has 0 aliphatic heterocycles. The summed E-state index contributed by atoms with van der Waals surface area (Å²) < 4.78 is 10.8. The SMILES string of the molecule is C=C(OCCCCC(O)CN(CCO)CCCCCCOC=O)C(CCCCCC)CCCCCCCC. The highest BCUT2D eigenvalue weighted by Crippen LogP contribution is 2.25. The maximum Gasteiger partial charge on any atom is 0.293 e. The molecule has 226 valence electrons. The van der Waals surface area contributed by atoms with Crippen LogP contribution in [0, 0.1) is 5.92 Å². The highest BCUT2D eigenvalue weighted by molar-refractivity contribution is 5.36. The first-order valence-electron chi connectivity index (χ1n) is 16.0. The molecule has 0 rings (SSSR count). The Kier molecular flexibility index (Phi) is 28.0. The fraction of sp³-hybridized carbons (Fsp3) is 0.906. The summed E-state index contributed by atoms with van der Waals surface area (Å²) in [7, 11) is 0. The summed E-state index contributed by atoms with van der Waals surface area (Å²) in [6, 6.07) is 0. The smallest absolute Gasteiger partial charge is 0.293 e. The lowest BCUT2D eigenvalue weighted by atomic mass is 9.93. The minimum absolute atomic E-state index is 0.105. The molecule has 6 nitrogen and oxygen atoms in total. The number of carbonyl (C=O) groups excluding carboxylic acids is 1. The topological polar surface area (TPSA) is 79.2 Å². The fourth-order valence-electron chi connectivity index (χ4n) is 5.01. The number of hydrogen-bond acceptors (Lipinski definition) is 6. The van der Waals surface area contributed by atoms with E-state index in [0.29, 0.717) is 38.7 Å². The van der Waals surface area contributed by atoms with Crippen molar-refractivity contribution in [1.29, 1.82) is 0 Å². The molecule has 6 heteroatoms. The number of aliphatic hydroxyl groups excluding tert-OH is 2. The summed E-state index contributed by atoms with van der Waals surface area (Å²) in [5.41, 5.74) is 0. The molecular formula is C32H63NO5. The van der Waals surface area contributed by atoms with Gasteiger partial charge in [0, 0.05) is 19.0 Å². The van der Waals surface area contributed by atoms with Gasteiger partial charge in [-0.3, -0.25) is 9.69 Å². The predicted molar refractivity (Wildman–Crippen MR) is 159 cm³/mol. The highest BCUT2D eigenvalue weighted by atomic mass is 16.5. The zero-order valence-electron chi connectivity index (χ0n) is 25.2. The van der Waals surface area contributed by atoms with Crippen LogP contribution in [0.2, 0.25) is 0 Å². The van der Waals surface area contributed by atoms with E-state index in [1.54, 1.807) is 0 Å². The van der Waals surface area contributed by atoms with Crippen molar-refractivity contribution in [1.82, 2.24) is 4.90 Å². The molecule has 0 aromatic carbocycles. The van der Waals surface area contributed by atoms with Crippen molar-refractivity contribution < 1.29 is 24.5 Å². The zero-order chi connectivity index (χ0) is 28.1. The van der Waals surface area contributed by atoms with Crippen molar-refractivity contribution in [3.8, 4) is 0 Å². The number of ether oxygens (including phenoxy) is 2. The van der Waals surface area contributed by atoms with E-state index in [9.17, 15) is 15.0 Å². The van der Waals surface area contributed by atoms with Crippen molar-refractivity contribution in [3.05, 3.63) is 12.3 Å². The van der Waals surface area contributed by atoms with Gasteiger partial charge in [0.25, 0.3) is 6.47 Å². The Morgan fingerprint density at radius 2 is 1.32 bits per heavy atom. The summed E-state index contributed by atoms with van der Waals surface area (Å²) in [5.74, 6) is 1.45. The van der Waals surface area contributed by atoms with Gasteiger partial charge in [-0.15, -0.1) is 0 Å². The van der Waals surface area contributed by atoms with E-state index in [-0.39, 0.29) is 12.7 Å². The number of allylic oxidation sites excluding steroid dienone is 1. The lowest BCUT2D eigenvalue weighted by Gasteiger charge is -2.24. The second-order valence-electron chi connectivity index (χ2n) is 11.0. The van der Waals surface area contributed by atoms with E-state index in [1.165, 1.54) is 77.0 Å². The Labute approximate surface area is 235 Å². The van der Waals surface area contributed by atoms with E-state index in [4.69, 9.17) is 9.47 Å². The maximum absolute atomic E-state index is 10.5. The quantitative estimate of drug-likeness (QED) is 0.0540. The van der Waals surface area contributed by atoms with Crippen LogP contribution in [-0.2, 0) is 14.3 Å². The monoisotopic (exact) mass is 541 g/mol. The molecule has 0 aliphatic rings. The number of rotatable bonds is 31. The maximum atomic E-state index is 10.5. The molecule has 0 aromatic heterocycles. The summed E-state index contributed by atoms with van der Waals surface area (Å²) in [5, 5.41) is 19.9.